The summed E-state index contributed by atoms with van der Waals surface area (Å²) in [5.74, 6) is -0.316. The number of allylic oxidation sites excluding steroid dienone is 1. The second-order valence-electron chi connectivity index (χ2n) is 7.90. The molecule has 33 heavy (non-hydrogen) atoms. The molecule has 0 aliphatic carbocycles. The molecule has 4 rings (SSSR count). The van der Waals surface area contributed by atoms with E-state index in [0.717, 1.165) is 16.0 Å². The average Bonchev–Trinajstić information content (AvgIpc) is 3.08. The third kappa shape index (κ3) is 4.67. The number of carbonyl (C=O) groups excluding carboxylic acids is 1. The number of aromatic nitrogens is 1. The topological polar surface area (TPSA) is 80.9 Å². The zero-order valence-electron chi connectivity index (χ0n) is 18.7. The molecule has 0 radical (unpaired) electrons. The maximum Gasteiger partial charge on any atom is 0.338 e. The Morgan fingerprint density at radius 2 is 1.85 bits per heavy atom. The van der Waals surface area contributed by atoms with Crippen LogP contribution in [0.15, 0.2) is 74.5 Å². The van der Waals surface area contributed by atoms with Gasteiger partial charge < -0.3 is 9.84 Å². The SMILES string of the molecule is CSc1ccc([C@H]2C(C(=O)OC(C)C)=C(C)N=c3s/c(=C\c4ccc(O)cc4)c(=O)n32)cc1. The molecule has 170 valence electrons. The lowest BCUT2D eigenvalue weighted by atomic mass is 9.96. The van der Waals surface area contributed by atoms with Crippen LogP contribution in [0.2, 0.25) is 0 Å². The summed E-state index contributed by atoms with van der Waals surface area (Å²) in [6.07, 6.45) is 3.47. The van der Waals surface area contributed by atoms with Crippen LogP contribution in [0, 0.1) is 0 Å². The molecular weight excluding hydrogens is 456 g/mol. The zero-order chi connectivity index (χ0) is 23.7. The second kappa shape index (κ2) is 9.41. The molecule has 3 aromatic rings. The molecule has 0 bridgehead atoms. The van der Waals surface area contributed by atoms with E-state index in [2.05, 4.69) is 4.99 Å². The average molecular weight is 481 g/mol. The Morgan fingerprint density at radius 3 is 2.45 bits per heavy atom. The molecule has 1 N–H and O–H groups in total. The molecule has 1 atom stereocenters. The molecular formula is C25H24N2O4S2. The number of aromatic hydroxyl groups is 1. The summed E-state index contributed by atoms with van der Waals surface area (Å²) >= 11 is 2.90. The van der Waals surface area contributed by atoms with Crippen LogP contribution in [0.25, 0.3) is 6.08 Å². The minimum absolute atomic E-state index is 0.159. The van der Waals surface area contributed by atoms with Crippen molar-refractivity contribution >= 4 is 35.1 Å². The number of nitrogens with zero attached hydrogens (tertiary/aromatic N) is 2. The van der Waals surface area contributed by atoms with E-state index in [9.17, 15) is 14.7 Å². The Kier molecular flexibility index (Phi) is 6.58. The Hall–Kier alpha value is -3.10. The van der Waals surface area contributed by atoms with E-state index in [1.807, 2.05) is 30.5 Å². The highest BCUT2D eigenvalue weighted by Crippen LogP contribution is 2.32. The number of phenols is 1. The summed E-state index contributed by atoms with van der Waals surface area (Å²) in [4.78, 5) is 32.8. The molecule has 0 spiro atoms. The van der Waals surface area contributed by atoms with E-state index in [-0.39, 0.29) is 17.4 Å². The van der Waals surface area contributed by atoms with Gasteiger partial charge in [0.1, 0.15) is 5.75 Å². The maximum absolute atomic E-state index is 13.5. The van der Waals surface area contributed by atoms with Crippen molar-refractivity contribution in [1.82, 2.24) is 4.57 Å². The van der Waals surface area contributed by atoms with E-state index in [1.54, 1.807) is 67.4 Å². The second-order valence-corrected chi connectivity index (χ2v) is 9.79. The number of ether oxygens (including phenoxy) is 1. The van der Waals surface area contributed by atoms with Gasteiger partial charge in [0.25, 0.3) is 5.56 Å². The Morgan fingerprint density at radius 1 is 1.18 bits per heavy atom. The number of phenolic OH excluding ortho intramolecular Hbond substituents is 1. The molecule has 0 unspecified atom stereocenters. The Labute approximate surface area is 199 Å². The van der Waals surface area contributed by atoms with Crippen molar-refractivity contribution in [3.8, 4) is 5.75 Å². The Balaban J connectivity index is 1.92. The number of hydrogen-bond donors (Lipinski definition) is 1. The summed E-state index contributed by atoms with van der Waals surface area (Å²) in [6.45, 7) is 5.36. The summed E-state index contributed by atoms with van der Waals surface area (Å²) in [5, 5.41) is 9.54. The van der Waals surface area contributed by atoms with Crippen LogP contribution >= 0.6 is 23.1 Å². The first-order valence-electron chi connectivity index (χ1n) is 10.4. The monoisotopic (exact) mass is 480 g/mol. The fraction of sp³-hybridized carbons (Fsp3) is 0.240. The number of carbonyl (C=O) groups is 1. The molecule has 2 aromatic carbocycles. The van der Waals surface area contributed by atoms with E-state index in [1.165, 1.54) is 11.3 Å². The number of benzene rings is 2. The zero-order valence-corrected chi connectivity index (χ0v) is 20.4. The predicted molar refractivity (Wildman–Crippen MR) is 131 cm³/mol. The van der Waals surface area contributed by atoms with Gasteiger partial charge in [0, 0.05) is 4.90 Å². The molecule has 0 saturated carbocycles. The van der Waals surface area contributed by atoms with Crippen LogP contribution < -0.4 is 14.9 Å². The quantitative estimate of drug-likeness (QED) is 0.446. The minimum atomic E-state index is -0.634. The number of esters is 1. The van der Waals surface area contributed by atoms with Crippen LogP contribution in [0.3, 0.4) is 0 Å². The standard InChI is InChI=1S/C25H24N2O4S2/c1-14(2)31-24(30)21-15(3)26-25-27(22(21)17-7-11-19(32-4)12-8-17)23(29)20(33-25)13-16-5-9-18(28)10-6-16/h5-14,22,28H,1-4H3/b20-13-/t22-/m0/s1. The van der Waals surface area contributed by atoms with Gasteiger partial charge in [-0.2, -0.15) is 0 Å². The van der Waals surface area contributed by atoms with Gasteiger partial charge in [-0.05, 0) is 68.5 Å². The van der Waals surface area contributed by atoms with Gasteiger partial charge >= 0.3 is 5.97 Å². The molecule has 1 aliphatic heterocycles. The number of thiazole rings is 1. The van der Waals surface area contributed by atoms with Crippen LogP contribution in [0.4, 0.5) is 0 Å². The summed E-state index contributed by atoms with van der Waals surface area (Å²) < 4.78 is 7.60. The summed E-state index contributed by atoms with van der Waals surface area (Å²) in [7, 11) is 0. The fourth-order valence-corrected chi connectivity index (χ4v) is 5.14. The minimum Gasteiger partial charge on any atom is -0.508 e. The fourth-order valence-electron chi connectivity index (χ4n) is 3.68. The van der Waals surface area contributed by atoms with Gasteiger partial charge in [-0.15, -0.1) is 11.8 Å². The molecule has 0 fully saturated rings. The third-order valence-electron chi connectivity index (χ3n) is 5.21. The molecule has 1 aromatic heterocycles. The highest BCUT2D eigenvalue weighted by molar-refractivity contribution is 7.98. The van der Waals surface area contributed by atoms with Gasteiger partial charge in [0.2, 0.25) is 0 Å². The van der Waals surface area contributed by atoms with Crippen LogP contribution in [0.1, 0.15) is 37.9 Å². The largest absolute Gasteiger partial charge is 0.508 e. The maximum atomic E-state index is 13.5. The molecule has 1 aliphatic rings. The van der Waals surface area contributed by atoms with Gasteiger partial charge in [0.15, 0.2) is 4.80 Å². The van der Waals surface area contributed by atoms with Crippen molar-refractivity contribution in [1.29, 1.82) is 0 Å². The first-order valence-corrected chi connectivity index (χ1v) is 12.5. The highest BCUT2D eigenvalue weighted by atomic mass is 32.2. The van der Waals surface area contributed by atoms with Crippen LogP contribution in [-0.2, 0) is 9.53 Å². The van der Waals surface area contributed by atoms with Crippen molar-refractivity contribution < 1.29 is 14.6 Å². The number of rotatable bonds is 5. The van der Waals surface area contributed by atoms with E-state index < -0.39 is 12.0 Å². The lowest BCUT2D eigenvalue weighted by Gasteiger charge is -2.25. The van der Waals surface area contributed by atoms with Crippen LogP contribution in [0.5, 0.6) is 5.75 Å². The van der Waals surface area contributed by atoms with Crippen molar-refractivity contribution in [3.05, 3.63) is 90.6 Å². The van der Waals surface area contributed by atoms with E-state index in [4.69, 9.17) is 4.74 Å². The first-order chi connectivity index (χ1) is 15.8. The molecule has 8 heteroatoms. The van der Waals surface area contributed by atoms with Gasteiger partial charge in [0.05, 0.1) is 27.9 Å². The van der Waals surface area contributed by atoms with Crippen molar-refractivity contribution in [3.63, 3.8) is 0 Å². The highest BCUT2D eigenvalue weighted by Gasteiger charge is 2.33. The first kappa shape index (κ1) is 23.1. The molecule has 6 nitrogen and oxygen atoms in total. The molecule has 0 saturated heterocycles. The number of thioether (sulfide) groups is 1. The number of fused-ring (bicyclic) bond motifs is 1. The third-order valence-corrected chi connectivity index (χ3v) is 6.93. The van der Waals surface area contributed by atoms with Gasteiger partial charge in [-0.3, -0.25) is 9.36 Å². The van der Waals surface area contributed by atoms with Crippen molar-refractivity contribution in [2.45, 2.75) is 37.8 Å². The van der Waals surface area contributed by atoms with E-state index >= 15 is 0 Å². The van der Waals surface area contributed by atoms with Crippen molar-refractivity contribution in [2.75, 3.05) is 6.26 Å². The normalized spacial score (nSPS) is 16.0. The summed E-state index contributed by atoms with van der Waals surface area (Å²) in [5.41, 5.74) is 2.28. The molecule has 0 amide bonds. The van der Waals surface area contributed by atoms with Gasteiger partial charge in [-0.1, -0.05) is 35.6 Å². The van der Waals surface area contributed by atoms with Gasteiger partial charge in [-0.25, -0.2) is 9.79 Å². The lowest BCUT2D eigenvalue weighted by molar-refractivity contribution is -0.143. The predicted octanol–water partition coefficient (Wildman–Crippen LogP) is 3.61. The summed E-state index contributed by atoms with van der Waals surface area (Å²) in [6, 6.07) is 13.8. The van der Waals surface area contributed by atoms with E-state index in [0.29, 0.717) is 20.6 Å². The smallest absolute Gasteiger partial charge is 0.338 e. The Bertz CT molecular complexity index is 1400. The van der Waals surface area contributed by atoms with Crippen LogP contribution in [-0.4, -0.2) is 28.0 Å². The molecule has 2 heterocycles. The number of hydrogen-bond acceptors (Lipinski definition) is 7. The van der Waals surface area contributed by atoms with Crippen molar-refractivity contribution in [2.24, 2.45) is 4.99 Å². The lowest BCUT2D eigenvalue weighted by Crippen LogP contribution is -2.40.